The molecule has 6 rings (SSSR count). The summed E-state index contributed by atoms with van der Waals surface area (Å²) in [4.78, 5) is 41.4. The molecule has 1 saturated heterocycles. The highest BCUT2D eigenvalue weighted by Crippen LogP contribution is 2.56. The second-order valence-corrected chi connectivity index (χ2v) is 10.9. The van der Waals surface area contributed by atoms with E-state index in [4.69, 9.17) is 9.47 Å². The number of rotatable bonds is 5. The minimum atomic E-state index is -0.619. The maximum Gasteiger partial charge on any atom is 0.332 e. The van der Waals surface area contributed by atoms with E-state index in [-0.39, 0.29) is 45.9 Å². The molecular formula is C26H22FIN4O6. The number of fused-ring (bicyclic) bond motifs is 3. The van der Waals surface area contributed by atoms with Crippen LogP contribution in [0.3, 0.4) is 0 Å². The van der Waals surface area contributed by atoms with E-state index < -0.39 is 34.7 Å². The molecule has 1 saturated carbocycles. The topological polar surface area (TPSA) is 110 Å². The number of nitrogens with zero attached hydrogens (tertiary/aromatic N) is 4. The number of ether oxygens (including phenoxy) is 2. The van der Waals surface area contributed by atoms with Gasteiger partial charge in [0, 0.05) is 22.7 Å². The number of aromatic nitrogens is 1. The van der Waals surface area contributed by atoms with E-state index in [9.17, 15) is 19.7 Å². The molecule has 1 aliphatic carbocycles. The van der Waals surface area contributed by atoms with E-state index in [0.29, 0.717) is 9.13 Å². The number of amides is 2. The number of pyridine rings is 1. The van der Waals surface area contributed by atoms with Crippen molar-refractivity contribution < 1.29 is 23.6 Å². The first-order valence-corrected chi connectivity index (χ1v) is 13.1. The zero-order valence-corrected chi connectivity index (χ0v) is 22.8. The number of benzene rings is 2. The summed E-state index contributed by atoms with van der Waals surface area (Å²) in [6, 6.07) is 8.42. The summed E-state index contributed by atoms with van der Waals surface area (Å²) in [6.45, 7) is 3.15. The molecule has 0 radical (unpaired) electrons. The second-order valence-electron chi connectivity index (χ2n) is 9.61. The van der Waals surface area contributed by atoms with Crippen LogP contribution in [0.15, 0.2) is 41.2 Å². The molecule has 38 heavy (non-hydrogen) atoms. The summed E-state index contributed by atoms with van der Waals surface area (Å²) in [6.07, 6.45) is 0.375. The minimum absolute atomic E-state index is 0.0000476. The van der Waals surface area contributed by atoms with E-state index >= 15 is 4.39 Å². The number of halogens is 2. The van der Waals surface area contributed by atoms with Crippen molar-refractivity contribution in [1.29, 1.82) is 0 Å². The smallest absolute Gasteiger partial charge is 0.332 e. The molecule has 12 heteroatoms. The van der Waals surface area contributed by atoms with Gasteiger partial charge in [0.2, 0.25) is 0 Å². The second kappa shape index (κ2) is 8.76. The lowest BCUT2D eigenvalue weighted by Gasteiger charge is -2.31. The Labute approximate surface area is 229 Å². The van der Waals surface area contributed by atoms with Gasteiger partial charge in [-0.15, -0.1) is 0 Å². The van der Waals surface area contributed by atoms with Gasteiger partial charge in [0.05, 0.1) is 27.3 Å². The molecule has 2 fully saturated rings. The molecular weight excluding hydrogens is 610 g/mol. The Morgan fingerprint density at radius 1 is 1.16 bits per heavy atom. The van der Waals surface area contributed by atoms with Crippen molar-refractivity contribution in [2.24, 2.45) is 7.05 Å². The molecule has 10 nitrogen and oxygen atoms in total. The van der Waals surface area contributed by atoms with Crippen LogP contribution in [-0.2, 0) is 11.8 Å². The predicted octanol–water partition coefficient (Wildman–Crippen LogP) is 5.58. The molecule has 2 aromatic carbocycles. The van der Waals surface area contributed by atoms with Crippen molar-refractivity contribution in [2.45, 2.75) is 45.1 Å². The number of nitro groups is 1. The van der Waals surface area contributed by atoms with Gasteiger partial charge >= 0.3 is 6.03 Å². The Balaban J connectivity index is 1.61. The van der Waals surface area contributed by atoms with Crippen LogP contribution in [0.5, 0.6) is 11.5 Å². The van der Waals surface area contributed by atoms with Crippen LogP contribution in [0.1, 0.15) is 35.6 Å². The highest BCUT2D eigenvalue weighted by molar-refractivity contribution is 14.1. The number of epoxide rings is 1. The summed E-state index contributed by atoms with van der Waals surface area (Å²) in [7, 11) is 1.52. The lowest BCUT2D eigenvalue weighted by Crippen LogP contribution is -2.44. The summed E-state index contributed by atoms with van der Waals surface area (Å²) < 4.78 is 29.6. The Bertz CT molecular complexity index is 1600. The maximum atomic E-state index is 15.4. The Morgan fingerprint density at radius 2 is 1.89 bits per heavy atom. The van der Waals surface area contributed by atoms with E-state index in [2.05, 4.69) is 0 Å². The monoisotopic (exact) mass is 632 g/mol. The number of carbonyl (C=O) groups is 1. The molecule has 196 valence electrons. The highest BCUT2D eigenvalue weighted by atomic mass is 127. The summed E-state index contributed by atoms with van der Waals surface area (Å²) >= 11 is 1.99. The van der Waals surface area contributed by atoms with Crippen molar-refractivity contribution in [1.82, 2.24) is 9.47 Å². The molecule has 2 amide bonds. The van der Waals surface area contributed by atoms with Gasteiger partial charge in [0.25, 0.3) is 11.2 Å². The van der Waals surface area contributed by atoms with E-state index in [1.165, 1.54) is 40.8 Å². The highest BCUT2D eigenvalue weighted by Gasteiger charge is 2.58. The van der Waals surface area contributed by atoms with Crippen LogP contribution in [0.4, 0.5) is 26.4 Å². The van der Waals surface area contributed by atoms with Crippen molar-refractivity contribution in [3.63, 3.8) is 0 Å². The first kappa shape index (κ1) is 24.8. The fraction of sp³-hybridized carbons (Fsp3) is 0.308. The molecule has 1 aromatic heterocycles. The third kappa shape index (κ3) is 3.76. The van der Waals surface area contributed by atoms with Crippen molar-refractivity contribution >= 4 is 45.8 Å². The predicted molar refractivity (Wildman–Crippen MR) is 143 cm³/mol. The SMILES string of the molecule is Cc1c(Oc2c3c(n(C)c(=O)c2C)N(c2ccc(I)cc2F)C(=O)N(C2CC2)C2OC32)cccc1[N+](=O)[O-]. The molecule has 3 aromatic rings. The van der Waals surface area contributed by atoms with Crippen LogP contribution in [0.25, 0.3) is 0 Å². The number of anilines is 2. The lowest BCUT2D eigenvalue weighted by molar-refractivity contribution is -0.385. The average Bonchev–Trinajstić information content (AvgIpc) is 3.79. The third-order valence-electron chi connectivity index (χ3n) is 7.18. The zero-order chi connectivity index (χ0) is 27.0. The van der Waals surface area contributed by atoms with Gasteiger partial charge in [0.1, 0.15) is 29.2 Å². The standard InChI is InChI=1S/C26H22FIN4O6/c1-12-17(32(35)36)5-4-6-19(12)37-21-13(2)24(33)29(3)23-20(21)22-25(38-22)30(15-8-9-15)26(34)31(23)18-10-7-14(28)11-16(18)27/h4-7,10-11,15,22,25H,8-9H2,1-3H3. The van der Waals surface area contributed by atoms with Crippen molar-refractivity contribution in [2.75, 3.05) is 4.90 Å². The molecule has 2 unspecified atom stereocenters. The van der Waals surface area contributed by atoms with Crippen molar-refractivity contribution in [3.8, 4) is 11.5 Å². The number of urea groups is 1. The van der Waals surface area contributed by atoms with E-state index in [1.54, 1.807) is 30.9 Å². The lowest BCUT2D eigenvalue weighted by atomic mass is 10.1. The van der Waals surface area contributed by atoms with Gasteiger partial charge in [-0.05, 0) is 73.5 Å². The van der Waals surface area contributed by atoms with Crippen LogP contribution < -0.4 is 15.2 Å². The summed E-state index contributed by atoms with van der Waals surface area (Å²) in [5, 5.41) is 11.5. The minimum Gasteiger partial charge on any atom is -0.456 e. The van der Waals surface area contributed by atoms with E-state index in [0.717, 1.165) is 12.8 Å². The molecule has 0 N–H and O–H groups in total. The molecule has 2 atom stereocenters. The van der Waals surface area contributed by atoms with Crippen LogP contribution in [0.2, 0.25) is 0 Å². The van der Waals surface area contributed by atoms with Gasteiger partial charge in [-0.2, -0.15) is 0 Å². The van der Waals surface area contributed by atoms with Crippen LogP contribution in [0, 0.1) is 33.3 Å². The Kier molecular flexibility index (Phi) is 5.72. The number of hydrogen-bond acceptors (Lipinski definition) is 6. The molecule has 0 spiro atoms. The molecule has 3 aliphatic rings. The van der Waals surface area contributed by atoms with Gasteiger partial charge < -0.3 is 9.47 Å². The normalized spacial score (nSPS) is 20.1. The molecule has 0 bridgehead atoms. The third-order valence-corrected chi connectivity index (χ3v) is 7.85. The fourth-order valence-corrected chi connectivity index (χ4v) is 5.50. The van der Waals surface area contributed by atoms with Gasteiger partial charge in [-0.3, -0.25) is 24.4 Å². The van der Waals surface area contributed by atoms with Crippen molar-refractivity contribution in [3.05, 3.63) is 82.9 Å². The summed E-state index contributed by atoms with van der Waals surface area (Å²) in [5.74, 6) is -0.148. The van der Waals surface area contributed by atoms with Crippen LogP contribution >= 0.6 is 22.6 Å². The first-order chi connectivity index (χ1) is 18.1. The maximum absolute atomic E-state index is 15.4. The zero-order valence-electron chi connectivity index (χ0n) is 20.6. The Morgan fingerprint density at radius 3 is 2.55 bits per heavy atom. The quantitative estimate of drug-likeness (QED) is 0.157. The van der Waals surface area contributed by atoms with Crippen LogP contribution in [-0.4, -0.2) is 32.7 Å². The van der Waals surface area contributed by atoms with Gasteiger partial charge in [-0.1, -0.05) is 6.07 Å². The average molecular weight is 632 g/mol. The Hall–Kier alpha value is -3.52. The molecule has 2 aliphatic heterocycles. The number of carbonyl (C=O) groups excluding carboxylic acids is 1. The molecule has 3 heterocycles. The van der Waals surface area contributed by atoms with E-state index in [1.807, 2.05) is 22.6 Å². The largest absolute Gasteiger partial charge is 0.456 e. The summed E-state index contributed by atoms with van der Waals surface area (Å²) in [5.41, 5.74) is 0.344. The first-order valence-electron chi connectivity index (χ1n) is 12.0. The number of nitro benzene ring substituents is 1. The fourth-order valence-electron chi connectivity index (χ4n) is 5.05. The van der Waals surface area contributed by atoms with Gasteiger partial charge in [0.15, 0.2) is 6.23 Å². The number of hydrogen-bond donors (Lipinski definition) is 0. The van der Waals surface area contributed by atoms with Gasteiger partial charge in [-0.25, -0.2) is 14.1 Å².